The van der Waals surface area contributed by atoms with Crippen LogP contribution in [0.3, 0.4) is 0 Å². The Morgan fingerprint density at radius 1 is 1.39 bits per heavy atom. The molecule has 1 heterocycles. The predicted octanol–water partition coefficient (Wildman–Crippen LogP) is 2.41. The summed E-state index contributed by atoms with van der Waals surface area (Å²) in [7, 11) is -3.10. The summed E-state index contributed by atoms with van der Waals surface area (Å²) in [5.41, 5.74) is 0. The molecule has 1 fully saturated rings. The van der Waals surface area contributed by atoms with Crippen LogP contribution in [0.4, 0.5) is 9.18 Å². The summed E-state index contributed by atoms with van der Waals surface area (Å²) < 4.78 is 45.1. The Kier molecular flexibility index (Phi) is 3.71. The zero-order chi connectivity index (χ0) is 13.2. The van der Waals surface area contributed by atoms with Gasteiger partial charge in [-0.3, -0.25) is 4.18 Å². The molecule has 100 valence electrons. The fraction of sp³-hybridized carbons (Fsp3) is 0.300. The molecule has 0 bridgehead atoms. The van der Waals surface area contributed by atoms with E-state index >= 15 is 0 Å². The van der Waals surface area contributed by atoms with E-state index in [2.05, 4.69) is 4.18 Å². The normalized spacial score (nSPS) is 23.4. The second-order valence-electron chi connectivity index (χ2n) is 3.60. The number of carbonyl (C=O) groups is 1. The van der Waals surface area contributed by atoms with E-state index in [9.17, 15) is 9.18 Å². The lowest BCUT2D eigenvalue weighted by Gasteiger charge is -2.17. The molecule has 18 heavy (non-hydrogen) atoms. The van der Waals surface area contributed by atoms with Crippen LogP contribution in [0.15, 0.2) is 24.3 Å². The second kappa shape index (κ2) is 5.11. The first-order chi connectivity index (χ1) is 8.44. The topological polar surface area (TPSA) is 85.2 Å². The molecule has 8 heteroatoms. The average Bonchev–Trinajstić information content (AvgIpc) is 2.61. The van der Waals surface area contributed by atoms with Gasteiger partial charge in [-0.1, -0.05) is 0 Å². The highest BCUT2D eigenvalue weighted by atomic mass is 32.3. The Balaban J connectivity index is 1.84. The van der Waals surface area contributed by atoms with Gasteiger partial charge in [-0.15, -0.1) is 0 Å². The molecule has 6 nitrogen and oxygen atoms in total. The lowest BCUT2D eigenvalue weighted by Crippen LogP contribution is -2.23. The highest BCUT2D eigenvalue weighted by Crippen LogP contribution is 2.45. The summed E-state index contributed by atoms with van der Waals surface area (Å²) in [6.07, 6.45) is -1.77. The number of carbonyl (C=O) groups excluding carboxylic acids is 1. The Bertz CT molecular complexity index is 434. The maximum atomic E-state index is 12.6. The quantitative estimate of drug-likeness (QED) is 0.638. The molecule has 1 aliphatic heterocycles. The van der Waals surface area contributed by atoms with Crippen molar-refractivity contribution in [1.82, 2.24) is 0 Å². The SMILES string of the molecule is O=C(Oc1ccc(F)cc1)OC1COS(O)(O)C1. The monoisotopic (exact) mass is 278 g/mol. The molecule has 1 aromatic rings. The first-order valence-electron chi connectivity index (χ1n) is 4.99. The van der Waals surface area contributed by atoms with E-state index in [4.69, 9.17) is 18.6 Å². The fourth-order valence-electron chi connectivity index (χ4n) is 1.35. The third-order valence-corrected chi connectivity index (χ3v) is 3.44. The van der Waals surface area contributed by atoms with Crippen LogP contribution in [0.1, 0.15) is 0 Å². The third kappa shape index (κ3) is 3.57. The molecule has 2 N–H and O–H groups in total. The van der Waals surface area contributed by atoms with Gasteiger partial charge in [-0.2, -0.15) is 0 Å². The minimum absolute atomic E-state index is 0.0964. The molecular weight excluding hydrogens is 267 g/mol. The van der Waals surface area contributed by atoms with Crippen molar-refractivity contribution < 1.29 is 31.9 Å². The molecule has 0 aliphatic carbocycles. The zero-order valence-electron chi connectivity index (χ0n) is 9.11. The van der Waals surface area contributed by atoms with Gasteiger partial charge >= 0.3 is 6.16 Å². The maximum absolute atomic E-state index is 12.6. The number of halogens is 1. The Morgan fingerprint density at radius 3 is 2.61 bits per heavy atom. The van der Waals surface area contributed by atoms with Crippen LogP contribution in [0.5, 0.6) is 5.75 Å². The van der Waals surface area contributed by atoms with E-state index in [0.29, 0.717) is 0 Å². The molecule has 0 saturated carbocycles. The Morgan fingerprint density at radius 2 is 2.06 bits per heavy atom. The van der Waals surface area contributed by atoms with Crippen molar-refractivity contribution in [1.29, 1.82) is 0 Å². The van der Waals surface area contributed by atoms with Crippen LogP contribution in [0.25, 0.3) is 0 Å². The molecular formula is C10H11FO6S. The van der Waals surface area contributed by atoms with Crippen molar-refractivity contribution in [2.75, 3.05) is 12.4 Å². The molecule has 0 radical (unpaired) electrons. The molecule has 2 rings (SSSR count). The number of benzene rings is 1. The highest BCUT2D eigenvalue weighted by molar-refractivity contribution is 8.20. The number of hydrogen-bond acceptors (Lipinski definition) is 6. The summed E-state index contributed by atoms with van der Waals surface area (Å²) in [5.74, 6) is -0.494. The van der Waals surface area contributed by atoms with E-state index < -0.39 is 28.9 Å². The number of ether oxygens (including phenoxy) is 2. The lowest BCUT2D eigenvalue weighted by atomic mass is 10.3. The van der Waals surface area contributed by atoms with Gasteiger partial charge in [0.1, 0.15) is 24.3 Å². The molecule has 0 aromatic heterocycles. The summed E-state index contributed by atoms with van der Waals surface area (Å²) in [5, 5.41) is 0. The van der Waals surface area contributed by atoms with Gasteiger partial charge in [0.15, 0.2) is 0 Å². The van der Waals surface area contributed by atoms with Crippen LogP contribution in [0, 0.1) is 5.82 Å². The van der Waals surface area contributed by atoms with Crippen molar-refractivity contribution in [3.8, 4) is 5.75 Å². The van der Waals surface area contributed by atoms with Crippen LogP contribution in [0.2, 0.25) is 0 Å². The van der Waals surface area contributed by atoms with E-state index in [1.54, 1.807) is 0 Å². The van der Waals surface area contributed by atoms with Crippen LogP contribution >= 0.6 is 10.9 Å². The molecule has 0 amide bonds. The van der Waals surface area contributed by atoms with Crippen molar-refractivity contribution in [3.05, 3.63) is 30.1 Å². The van der Waals surface area contributed by atoms with Crippen LogP contribution in [-0.2, 0) is 8.92 Å². The smallest absolute Gasteiger partial charge is 0.427 e. The van der Waals surface area contributed by atoms with Gasteiger partial charge in [0.05, 0.1) is 16.6 Å². The predicted molar refractivity (Wildman–Crippen MR) is 61.0 cm³/mol. The Labute approximate surface area is 104 Å². The lowest BCUT2D eigenvalue weighted by molar-refractivity contribution is 0.0569. The average molecular weight is 278 g/mol. The highest BCUT2D eigenvalue weighted by Gasteiger charge is 2.35. The molecule has 1 aliphatic rings. The third-order valence-electron chi connectivity index (χ3n) is 2.12. The fourth-order valence-corrected chi connectivity index (χ4v) is 2.46. The second-order valence-corrected chi connectivity index (χ2v) is 5.39. The largest absolute Gasteiger partial charge is 0.514 e. The van der Waals surface area contributed by atoms with Crippen molar-refractivity contribution in [2.45, 2.75) is 6.10 Å². The van der Waals surface area contributed by atoms with Crippen molar-refractivity contribution in [3.63, 3.8) is 0 Å². The van der Waals surface area contributed by atoms with E-state index in [1.165, 1.54) is 12.1 Å². The first kappa shape index (κ1) is 13.1. The molecule has 1 aromatic carbocycles. The molecule has 0 spiro atoms. The van der Waals surface area contributed by atoms with E-state index in [0.717, 1.165) is 12.1 Å². The molecule has 1 atom stereocenters. The zero-order valence-corrected chi connectivity index (χ0v) is 9.93. The Hall–Kier alpha value is -1.35. The molecule has 1 saturated heterocycles. The first-order valence-corrected chi connectivity index (χ1v) is 6.63. The van der Waals surface area contributed by atoms with Gasteiger partial charge in [-0.05, 0) is 24.3 Å². The molecule has 1 unspecified atom stereocenters. The minimum Gasteiger partial charge on any atom is -0.427 e. The summed E-state index contributed by atoms with van der Waals surface area (Å²) in [6.45, 7) is -0.0964. The maximum Gasteiger partial charge on any atom is 0.514 e. The minimum atomic E-state index is -3.10. The van der Waals surface area contributed by atoms with E-state index in [1.807, 2.05) is 0 Å². The summed E-state index contributed by atoms with van der Waals surface area (Å²) >= 11 is 0. The standard InChI is InChI=1S/C10H11FO6S/c11-7-1-3-8(4-2-7)16-10(12)17-9-5-15-18(13,14)6-9/h1-4,9,13-14H,5-6H2. The van der Waals surface area contributed by atoms with Gasteiger partial charge in [0.2, 0.25) is 0 Å². The summed E-state index contributed by atoms with van der Waals surface area (Å²) in [4.78, 5) is 11.3. The van der Waals surface area contributed by atoms with Crippen molar-refractivity contribution in [2.24, 2.45) is 0 Å². The van der Waals surface area contributed by atoms with Crippen LogP contribution in [-0.4, -0.2) is 33.7 Å². The van der Waals surface area contributed by atoms with Crippen LogP contribution < -0.4 is 4.74 Å². The van der Waals surface area contributed by atoms with E-state index in [-0.39, 0.29) is 18.1 Å². The van der Waals surface area contributed by atoms with Crippen molar-refractivity contribution >= 4 is 17.0 Å². The van der Waals surface area contributed by atoms with Gasteiger partial charge < -0.3 is 18.6 Å². The van der Waals surface area contributed by atoms with Gasteiger partial charge in [-0.25, -0.2) is 9.18 Å². The number of hydrogen-bond donors (Lipinski definition) is 2. The van der Waals surface area contributed by atoms with Gasteiger partial charge in [0.25, 0.3) is 0 Å². The number of rotatable bonds is 2. The van der Waals surface area contributed by atoms with Gasteiger partial charge in [0, 0.05) is 0 Å². The summed E-state index contributed by atoms with van der Waals surface area (Å²) in [6, 6.07) is 4.82.